The molecule has 2 aliphatic heterocycles. The van der Waals surface area contributed by atoms with Gasteiger partial charge in [0.25, 0.3) is 0 Å². The van der Waals surface area contributed by atoms with Gasteiger partial charge in [0, 0.05) is 36.6 Å². The molecule has 0 spiro atoms. The van der Waals surface area contributed by atoms with Crippen molar-refractivity contribution in [3.8, 4) is 0 Å². The van der Waals surface area contributed by atoms with Crippen LogP contribution in [0, 0.1) is 76.9 Å². The molecule has 5 aliphatic rings. The lowest BCUT2D eigenvalue weighted by Gasteiger charge is -2.56. The zero-order chi connectivity index (χ0) is 36.7. The monoisotopic (exact) mass is 663 g/mol. The third kappa shape index (κ3) is 4.60. The smallest absolute Gasteiger partial charge is 0.233 e. The molecule has 3 heterocycles. The number of nitrogens with zero attached hydrogens (tertiary/aromatic N) is 4. The fourth-order valence-electron chi connectivity index (χ4n) is 12.7. The maximum atomic E-state index is 14.6. The fraction of sp³-hybridized carbons (Fsp3) is 0.775. The first-order chi connectivity index (χ1) is 23.3. The van der Waals surface area contributed by atoms with Crippen LogP contribution in [-0.4, -0.2) is 64.3 Å². The van der Waals surface area contributed by atoms with E-state index < -0.39 is 0 Å². The molecule has 0 N–H and O–H groups in total. The zero-order valence-electron chi connectivity index (χ0n) is 33.8. The molecule has 2 saturated heterocycles. The minimum atomic E-state index is -0.175. The van der Waals surface area contributed by atoms with Gasteiger partial charge in [0.1, 0.15) is 0 Å². The summed E-state index contributed by atoms with van der Waals surface area (Å²) in [7, 11) is 2.24. The number of piperazine rings is 1. The van der Waals surface area contributed by atoms with E-state index in [0.717, 1.165) is 42.7 Å². The molecular weight excluding hydrogens is 601 g/mol. The number of benzene rings is 1. The van der Waals surface area contributed by atoms with E-state index >= 15 is 0 Å². The summed E-state index contributed by atoms with van der Waals surface area (Å²) in [6.45, 7) is 26.7. The summed E-state index contributed by atoms with van der Waals surface area (Å²) in [4.78, 5) is 35.9. The number of anilines is 1. The predicted molar refractivity (Wildman–Crippen MR) is 193 cm³/mol. The molecule has 0 radical (unpaired) electrons. The fourth-order valence-corrected chi connectivity index (χ4v) is 13.5. The maximum Gasteiger partial charge on any atom is 0.233 e. The largest absolute Gasteiger partial charge is 0.352 e. The molecule has 6 nitrogen and oxygen atoms in total. The molecule has 2 amide bonds. The number of carbonyl (C=O) groups is 2. The molecule has 258 valence electrons. The van der Waals surface area contributed by atoms with Crippen LogP contribution in [0.5, 0.6) is 0 Å². The Balaban J connectivity index is 1.21. The Morgan fingerprint density at radius 3 is 2.17 bits per heavy atom. The summed E-state index contributed by atoms with van der Waals surface area (Å²) in [5.74, 6) is 3.36. The van der Waals surface area contributed by atoms with Gasteiger partial charge in [0.15, 0.2) is 5.82 Å². The van der Waals surface area contributed by atoms with Crippen molar-refractivity contribution in [2.24, 2.45) is 70.0 Å². The number of aryl methyl sites for hydroxylation is 1. The minimum Gasteiger partial charge on any atom is -0.352 e. The summed E-state index contributed by atoms with van der Waals surface area (Å²) in [5.41, 5.74) is 0.675. The second-order valence-electron chi connectivity index (χ2n) is 18.0. The normalized spacial score (nSPS) is 42.0. The Morgan fingerprint density at radius 2 is 1.55 bits per heavy atom. The number of likely N-dealkylation sites (tertiary alicyclic amines) is 1. The van der Waals surface area contributed by atoms with Gasteiger partial charge in [0.2, 0.25) is 11.8 Å². The molecule has 3 saturated carbocycles. The van der Waals surface area contributed by atoms with Gasteiger partial charge in [0.05, 0.1) is 20.6 Å². The third-order valence-corrected chi connectivity index (χ3v) is 16.3. The van der Waals surface area contributed by atoms with Gasteiger partial charge in [-0.05, 0) is 122 Å². The number of fused-ring (bicyclic) bond motifs is 6. The van der Waals surface area contributed by atoms with Crippen molar-refractivity contribution in [2.75, 3.05) is 25.0 Å². The summed E-state index contributed by atoms with van der Waals surface area (Å²) in [6.07, 6.45) is 2.20. The number of rotatable bonds is 5. The van der Waals surface area contributed by atoms with Crippen LogP contribution >= 0.6 is 11.5 Å². The number of imide groups is 1. The summed E-state index contributed by atoms with van der Waals surface area (Å²) in [6, 6.07) is 0.474. The number of likely N-dealkylation sites (N-methyl/N-ethyl adjacent to an activating group) is 1. The first-order valence-corrected chi connectivity index (χ1v) is 19.2. The first kappa shape index (κ1) is 29.9. The van der Waals surface area contributed by atoms with Crippen molar-refractivity contribution < 1.29 is 13.7 Å². The van der Waals surface area contributed by atoms with E-state index in [4.69, 9.17) is 8.49 Å². The Labute approximate surface area is 292 Å². The summed E-state index contributed by atoms with van der Waals surface area (Å²) < 4.78 is 31.0. The van der Waals surface area contributed by atoms with Crippen molar-refractivity contribution in [1.82, 2.24) is 14.2 Å². The molecule has 2 aromatic rings. The number of carbonyl (C=O) groups excluding carboxylic acids is 2. The van der Waals surface area contributed by atoms with Crippen molar-refractivity contribution in [3.05, 3.63) is 23.7 Å². The second kappa shape index (κ2) is 11.3. The number of hydrogen-bond acceptors (Lipinski definition) is 6. The molecular formula is C40H60N4O2S. The highest BCUT2D eigenvalue weighted by atomic mass is 32.1. The standard InChI is InChI=1S/C40H60N4O2S/c1-20-14-13-15-29-30(20)36(41-47-29)43-18-22(3)42(12)28(19-43)25(6)27-17-16-21(2)39(8,9)35(27)26(7)44-37(45)31-32(38(44)46)34-24(5)23(4)33(31)40(34,10)11/h13-15,21-28,31-35H,16-19H2,1-12H3/t21?,22?,23?,24?,25?,26-,27-,28-,31-,32+,33+,34?,35-/m0/s1/i13D,14D,15D. The van der Waals surface area contributed by atoms with E-state index in [1.54, 1.807) is 4.90 Å². The van der Waals surface area contributed by atoms with Crippen molar-refractivity contribution in [1.29, 1.82) is 0 Å². The van der Waals surface area contributed by atoms with Crippen LogP contribution in [0.25, 0.3) is 10.1 Å². The van der Waals surface area contributed by atoms with E-state index in [2.05, 4.69) is 86.1 Å². The summed E-state index contributed by atoms with van der Waals surface area (Å²) >= 11 is 1.28. The van der Waals surface area contributed by atoms with Gasteiger partial charge in [-0.15, -0.1) is 0 Å². The molecule has 2 bridgehead atoms. The lowest BCUT2D eigenvalue weighted by atomic mass is 9.53. The van der Waals surface area contributed by atoms with Gasteiger partial charge in [-0.3, -0.25) is 19.4 Å². The second-order valence-corrected chi connectivity index (χ2v) is 18.7. The van der Waals surface area contributed by atoms with Crippen molar-refractivity contribution >= 4 is 39.3 Å². The Kier molecular flexibility index (Phi) is 7.16. The summed E-state index contributed by atoms with van der Waals surface area (Å²) in [5, 5.41) is 0.848. The first-order valence-electron chi connectivity index (χ1n) is 20.0. The van der Waals surface area contributed by atoms with Crippen LogP contribution < -0.4 is 4.90 Å². The van der Waals surface area contributed by atoms with Crippen molar-refractivity contribution in [2.45, 2.75) is 107 Å². The molecule has 1 aromatic carbocycles. The molecule has 6 unspecified atom stereocenters. The average molecular weight is 664 g/mol. The van der Waals surface area contributed by atoms with E-state index in [-0.39, 0.29) is 94.4 Å². The number of hydrogen-bond donors (Lipinski definition) is 0. The van der Waals surface area contributed by atoms with Gasteiger partial charge < -0.3 is 4.90 Å². The molecule has 1 aromatic heterocycles. The molecule has 3 aliphatic carbocycles. The van der Waals surface area contributed by atoms with Gasteiger partial charge in [-0.1, -0.05) is 67.5 Å². The van der Waals surface area contributed by atoms with Gasteiger partial charge in [-0.2, -0.15) is 4.37 Å². The van der Waals surface area contributed by atoms with Gasteiger partial charge >= 0.3 is 0 Å². The number of amides is 2. The van der Waals surface area contributed by atoms with Crippen LogP contribution in [0.3, 0.4) is 0 Å². The van der Waals surface area contributed by atoms with Crippen LogP contribution in [0.4, 0.5) is 5.82 Å². The predicted octanol–water partition coefficient (Wildman–Crippen LogP) is 7.99. The zero-order valence-corrected chi connectivity index (χ0v) is 31.7. The minimum absolute atomic E-state index is 0.00770. The van der Waals surface area contributed by atoms with Crippen LogP contribution in [0.1, 0.15) is 91.8 Å². The highest BCUT2D eigenvalue weighted by Gasteiger charge is 2.73. The highest BCUT2D eigenvalue weighted by molar-refractivity contribution is 7.13. The topological polar surface area (TPSA) is 56.8 Å². The SMILES string of the molecule is [2H]c1c([2H])c(C)c2c(N3CC(C)N(C)[C@H](C(C)[C@@H]4CCC(C)C(C)(C)[C@H]4[C@H](C)N4C(=O)[C@@H]5[C@H]6C(C)C(C)C([C@@H]5C4=O)C6(C)C)C3)nsc2c1[2H]. The Morgan fingerprint density at radius 1 is 0.936 bits per heavy atom. The highest BCUT2D eigenvalue weighted by Crippen LogP contribution is 2.70. The molecule has 47 heavy (non-hydrogen) atoms. The van der Waals surface area contributed by atoms with Gasteiger partial charge in [-0.25, -0.2) is 0 Å². The van der Waals surface area contributed by atoms with Crippen LogP contribution in [0.15, 0.2) is 18.1 Å². The number of aromatic nitrogens is 1. The van der Waals surface area contributed by atoms with E-state index in [1.807, 2.05) is 6.92 Å². The third-order valence-electron chi connectivity index (χ3n) is 15.5. The molecule has 13 atom stereocenters. The molecule has 7 heteroatoms. The van der Waals surface area contributed by atoms with Crippen LogP contribution in [0.2, 0.25) is 0 Å². The Hall–Kier alpha value is -1.99. The van der Waals surface area contributed by atoms with E-state index in [0.29, 0.717) is 28.4 Å². The Bertz CT molecular complexity index is 1690. The molecule has 7 rings (SSSR count). The maximum absolute atomic E-state index is 14.6. The quantitative estimate of drug-likeness (QED) is 0.304. The lowest BCUT2D eigenvalue weighted by Crippen LogP contribution is -2.62. The average Bonchev–Trinajstić information content (AvgIpc) is 3.72. The molecule has 5 fully saturated rings. The van der Waals surface area contributed by atoms with E-state index in [9.17, 15) is 9.59 Å². The lowest BCUT2D eigenvalue weighted by molar-refractivity contribution is -0.150. The van der Waals surface area contributed by atoms with Crippen molar-refractivity contribution in [3.63, 3.8) is 0 Å². The van der Waals surface area contributed by atoms with Crippen LogP contribution in [-0.2, 0) is 9.59 Å². The van der Waals surface area contributed by atoms with E-state index in [1.165, 1.54) is 11.5 Å².